The Morgan fingerprint density at radius 1 is 1.32 bits per heavy atom. The second kappa shape index (κ2) is 7.84. The third kappa shape index (κ3) is 5.34. The van der Waals surface area contributed by atoms with E-state index in [9.17, 15) is 14.7 Å². The highest BCUT2D eigenvalue weighted by atomic mass is 32.2. The first-order valence-corrected chi connectivity index (χ1v) is 7.40. The molecule has 0 saturated heterocycles. The fraction of sp³-hybridized carbons (Fsp3) is 0.429. The molecule has 1 aromatic carbocycles. The molecule has 0 saturated carbocycles. The molecule has 0 aliphatic heterocycles. The second-order valence-electron chi connectivity index (χ2n) is 4.36. The molecule has 1 aromatic rings. The van der Waals surface area contributed by atoms with Crippen molar-refractivity contribution in [1.29, 1.82) is 0 Å². The molecular formula is C14H19NO3S. The zero-order valence-electron chi connectivity index (χ0n) is 11.1. The van der Waals surface area contributed by atoms with Gasteiger partial charge in [0.05, 0.1) is 5.92 Å². The summed E-state index contributed by atoms with van der Waals surface area (Å²) < 4.78 is 0. The minimum atomic E-state index is -0.926. The van der Waals surface area contributed by atoms with Crippen molar-refractivity contribution < 1.29 is 14.7 Å². The Balaban J connectivity index is 2.57. The molecule has 0 aliphatic carbocycles. The summed E-state index contributed by atoms with van der Waals surface area (Å²) in [6, 6.07) is 8.94. The molecule has 0 radical (unpaired) electrons. The van der Waals surface area contributed by atoms with Gasteiger partial charge in [0.15, 0.2) is 0 Å². The highest BCUT2D eigenvalue weighted by Gasteiger charge is 2.20. The molecule has 0 heterocycles. The van der Waals surface area contributed by atoms with Crippen LogP contribution in [0.4, 0.5) is 0 Å². The molecule has 2 N–H and O–H groups in total. The molecule has 2 unspecified atom stereocenters. The van der Waals surface area contributed by atoms with Crippen molar-refractivity contribution in [3.8, 4) is 0 Å². The largest absolute Gasteiger partial charge is 0.481 e. The van der Waals surface area contributed by atoms with Crippen molar-refractivity contribution in [2.45, 2.75) is 24.5 Å². The number of carbonyl (C=O) groups excluding carboxylic acids is 1. The quantitative estimate of drug-likeness (QED) is 0.803. The zero-order chi connectivity index (χ0) is 14.3. The van der Waals surface area contributed by atoms with Crippen LogP contribution in [0.2, 0.25) is 0 Å². The number of hydrogen-bond acceptors (Lipinski definition) is 3. The first-order valence-electron chi connectivity index (χ1n) is 6.11. The number of carboxylic acids is 1. The van der Waals surface area contributed by atoms with Gasteiger partial charge >= 0.3 is 5.97 Å². The number of benzene rings is 1. The summed E-state index contributed by atoms with van der Waals surface area (Å²) in [5, 5.41) is 12.1. The van der Waals surface area contributed by atoms with E-state index < -0.39 is 11.9 Å². The molecule has 104 valence electrons. The molecule has 0 aromatic heterocycles. The topological polar surface area (TPSA) is 66.4 Å². The highest BCUT2D eigenvalue weighted by Crippen LogP contribution is 2.15. The lowest BCUT2D eigenvalue weighted by Gasteiger charge is -2.14. The number of hydrogen-bond donors (Lipinski definition) is 2. The maximum atomic E-state index is 11.7. The maximum absolute atomic E-state index is 11.7. The number of nitrogens with one attached hydrogen (secondary N) is 1. The van der Waals surface area contributed by atoms with E-state index in [1.54, 1.807) is 36.0 Å². The lowest BCUT2D eigenvalue weighted by atomic mass is 9.99. The van der Waals surface area contributed by atoms with Gasteiger partial charge in [0.2, 0.25) is 5.91 Å². The minimum absolute atomic E-state index is 0.107. The van der Waals surface area contributed by atoms with E-state index in [1.165, 1.54) is 0 Å². The molecule has 1 rings (SSSR count). The number of thioether (sulfide) groups is 1. The van der Waals surface area contributed by atoms with E-state index in [0.717, 1.165) is 0 Å². The van der Waals surface area contributed by atoms with Crippen molar-refractivity contribution in [3.63, 3.8) is 0 Å². The van der Waals surface area contributed by atoms with Crippen LogP contribution in [0.15, 0.2) is 30.3 Å². The van der Waals surface area contributed by atoms with Gasteiger partial charge in [0, 0.05) is 18.2 Å². The Kier molecular flexibility index (Phi) is 6.42. The summed E-state index contributed by atoms with van der Waals surface area (Å²) in [6.07, 6.45) is 2.35. The standard InChI is InChI=1S/C14H19NO3S/c1-10(19-2)8-13(16)15-9-12(14(17)18)11-6-4-3-5-7-11/h3-7,10,12H,8-9H2,1-2H3,(H,15,16)(H,17,18). The van der Waals surface area contributed by atoms with Crippen molar-refractivity contribution in [1.82, 2.24) is 5.32 Å². The first-order chi connectivity index (χ1) is 9.04. The van der Waals surface area contributed by atoms with E-state index in [0.29, 0.717) is 12.0 Å². The monoisotopic (exact) mass is 281 g/mol. The summed E-state index contributed by atoms with van der Waals surface area (Å²) in [7, 11) is 0. The normalized spacial score (nSPS) is 13.6. The van der Waals surface area contributed by atoms with E-state index in [-0.39, 0.29) is 17.7 Å². The van der Waals surface area contributed by atoms with E-state index >= 15 is 0 Å². The summed E-state index contributed by atoms with van der Waals surface area (Å²) in [4.78, 5) is 22.9. The molecule has 5 heteroatoms. The summed E-state index contributed by atoms with van der Waals surface area (Å²) in [6.45, 7) is 2.09. The molecule has 0 fully saturated rings. The minimum Gasteiger partial charge on any atom is -0.481 e. The van der Waals surface area contributed by atoms with Crippen LogP contribution in [-0.4, -0.2) is 35.0 Å². The van der Waals surface area contributed by atoms with Crippen molar-refractivity contribution >= 4 is 23.6 Å². The van der Waals surface area contributed by atoms with Crippen molar-refractivity contribution in [2.24, 2.45) is 0 Å². The van der Waals surface area contributed by atoms with Gasteiger partial charge in [-0.15, -0.1) is 0 Å². The molecular weight excluding hydrogens is 262 g/mol. The number of carboxylic acid groups (broad SMARTS) is 1. The van der Waals surface area contributed by atoms with Gasteiger partial charge in [0.25, 0.3) is 0 Å². The SMILES string of the molecule is CSC(C)CC(=O)NCC(C(=O)O)c1ccccc1. The lowest BCUT2D eigenvalue weighted by Crippen LogP contribution is -2.32. The third-order valence-corrected chi connectivity index (χ3v) is 3.85. The number of aliphatic carboxylic acids is 1. The molecule has 1 amide bonds. The zero-order valence-corrected chi connectivity index (χ0v) is 11.9. The van der Waals surface area contributed by atoms with Gasteiger partial charge < -0.3 is 10.4 Å². The lowest BCUT2D eigenvalue weighted by molar-refractivity contribution is -0.138. The average Bonchev–Trinajstić information content (AvgIpc) is 2.39. The fourth-order valence-corrected chi connectivity index (χ4v) is 1.98. The summed E-state index contributed by atoms with van der Waals surface area (Å²) in [5.41, 5.74) is 0.702. The molecule has 19 heavy (non-hydrogen) atoms. The Bertz CT molecular complexity index is 422. The van der Waals surface area contributed by atoms with Crippen LogP contribution in [0, 0.1) is 0 Å². The van der Waals surface area contributed by atoms with Crippen LogP contribution in [0.3, 0.4) is 0 Å². The van der Waals surface area contributed by atoms with Crippen LogP contribution in [-0.2, 0) is 9.59 Å². The Hall–Kier alpha value is -1.49. The van der Waals surface area contributed by atoms with Crippen LogP contribution >= 0.6 is 11.8 Å². The van der Waals surface area contributed by atoms with Crippen molar-refractivity contribution in [2.75, 3.05) is 12.8 Å². The van der Waals surface area contributed by atoms with Gasteiger partial charge in [-0.25, -0.2) is 0 Å². The Morgan fingerprint density at radius 3 is 2.47 bits per heavy atom. The molecule has 0 aliphatic rings. The Morgan fingerprint density at radius 2 is 1.95 bits per heavy atom. The number of rotatable bonds is 7. The first kappa shape index (κ1) is 15.6. The highest BCUT2D eigenvalue weighted by molar-refractivity contribution is 7.99. The van der Waals surface area contributed by atoms with E-state index in [2.05, 4.69) is 5.32 Å². The smallest absolute Gasteiger partial charge is 0.312 e. The van der Waals surface area contributed by atoms with Gasteiger partial charge in [-0.05, 0) is 11.8 Å². The van der Waals surface area contributed by atoms with Gasteiger partial charge in [-0.3, -0.25) is 9.59 Å². The average molecular weight is 281 g/mol. The predicted molar refractivity (Wildman–Crippen MR) is 77.4 cm³/mol. The molecule has 0 spiro atoms. The fourth-order valence-electron chi connectivity index (χ4n) is 1.67. The van der Waals surface area contributed by atoms with Crippen LogP contribution in [0.1, 0.15) is 24.8 Å². The third-order valence-electron chi connectivity index (χ3n) is 2.88. The number of amides is 1. The maximum Gasteiger partial charge on any atom is 0.312 e. The van der Waals surface area contributed by atoms with Crippen LogP contribution in [0.5, 0.6) is 0 Å². The van der Waals surface area contributed by atoms with Crippen LogP contribution < -0.4 is 5.32 Å². The predicted octanol–water partition coefficient (Wildman–Crippen LogP) is 2.11. The van der Waals surface area contributed by atoms with Gasteiger partial charge in [-0.1, -0.05) is 37.3 Å². The molecule has 2 atom stereocenters. The molecule has 4 nitrogen and oxygen atoms in total. The van der Waals surface area contributed by atoms with Crippen molar-refractivity contribution in [3.05, 3.63) is 35.9 Å². The van der Waals surface area contributed by atoms with E-state index in [4.69, 9.17) is 0 Å². The number of carbonyl (C=O) groups is 2. The van der Waals surface area contributed by atoms with Gasteiger partial charge in [-0.2, -0.15) is 11.8 Å². The van der Waals surface area contributed by atoms with E-state index in [1.807, 2.05) is 19.2 Å². The second-order valence-corrected chi connectivity index (χ2v) is 5.63. The van der Waals surface area contributed by atoms with Crippen LogP contribution in [0.25, 0.3) is 0 Å². The summed E-state index contributed by atoms with van der Waals surface area (Å²) in [5.74, 6) is -1.73. The van der Waals surface area contributed by atoms with Gasteiger partial charge in [0.1, 0.15) is 0 Å². The Labute approximate surface area is 117 Å². The summed E-state index contributed by atoms with van der Waals surface area (Å²) >= 11 is 1.61. The molecule has 0 bridgehead atoms.